The number of ketones is 1. The number of hydrogen-bond acceptors (Lipinski definition) is 6. The molecule has 1 unspecified atom stereocenters. The molecule has 2 N–H and O–H groups in total. The Labute approximate surface area is 182 Å². The molecule has 0 saturated carbocycles. The standard InChI is InChI=1S/C24H28N2O5/c1-14-6-7-15(2)17(12-14)22(28)20-21(16-8-9-18(27)19(13-16)31-5)26(11-10-25(3)4)24(30)23(20)29/h6-9,12-13,21,27-28H,10-11H2,1-5H3/b22-20-. The number of methoxy groups -OCH3 is 1. The summed E-state index contributed by atoms with van der Waals surface area (Å²) in [6, 6.07) is 9.47. The van der Waals surface area contributed by atoms with E-state index in [0.29, 0.717) is 24.2 Å². The number of aromatic hydroxyl groups is 1. The minimum Gasteiger partial charge on any atom is -0.507 e. The topological polar surface area (TPSA) is 90.3 Å². The second-order valence-electron chi connectivity index (χ2n) is 8.05. The minimum atomic E-state index is -0.797. The number of phenols is 1. The van der Waals surface area contributed by atoms with Crippen LogP contribution in [0.15, 0.2) is 42.0 Å². The molecule has 1 saturated heterocycles. The van der Waals surface area contributed by atoms with Gasteiger partial charge >= 0.3 is 0 Å². The van der Waals surface area contributed by atoms with Crippen molar-refractivity contribution in [2.45, 2.75) is 19.9 Å². The largest absolute Gasteiger partial charge is 0.507 e. The zero-order chi connectivity index (χ0) is 22.9. The summed E-state index contributed by atoms with van der Waals surface area (Å²) >= 11 is 0. The highest BCUT2D eigenvalue weighted by molar-refractivity contribution is 6.46. The Bertz CT molecular complexity index is 1060. The van der Waals surface area contributed by atoms with Gasteiger partial charge in [-0.1, -0.05) is 23.8 Å². The molecule has 1 aliphatic heterocycles. The van der Waals surface area contributed by atoms with Crippen molar-refractivity contribution >= 4 is 17.4 Å². The number of nitrogens with zero attached hydrogens (tertiary/aromatic N) is 2. The molecule has 0 aliphatic carbocycles. The van der Waals surface area contributed by atoms with E-state index in [2.05, 4.69) is 0 Å². The molecule has 1 amide bonds. The maximum Gasteiger partial charge on any atom is 0.295 e. The van der Waals surface area contributed by atoms with Crippen molar-refractivity contribution in [2.75, 3.05) is 34.3 Å². The molecule has 2 aromatic rings. The third-order valence-electron chi connectivity index (χ3n) is 5.50. The summed E-state index contributed by atoms with van der Waals surface area (Å²) in [5.74, 6) is -1.42. The number of carbonyl (C=O) groups excluding carboxylic acids is 2. The molecule has 164 valence electrons. The molecule has 0 bridgehead atoms. The van der Waals surface area contributed by atoms with Gasteiger partial charge in [-0.15, -0.1) is 0 Å². The molecule has 1 aliphatic rings. The summed E-state index contributed by atoms with van der Waals surface area (Å²) < 4.78 is 5.22. The van der Waals surface area contributed by atoms with Gasteiger partial charge in [-0.3, -0.25) is 9.59 Å². The van der Waals surface area contributed by atoms with E-state index in [9.17, 15) is 19.8 Å². The summed E-state index contributed by atoms with van der Waals surface area (Å²) in [5.41, 5.74) is 2.84. The number of amides is 1. The second kappa shape index (κ2) is 8.81. The number of ether oxygens (including phenoxy) is 1. The lowest BCUT2D eigenvalue weighted by molar-refractivity contribution is -0.140. The summed E-state index contributed by atoms with van der Waals surface area (Å²) in [4.78, 5) is 29.4. The molecule has 2 aromatic carbocycles. The smallest absolute Gasteiger partial charge is 0.295 e. The van der Waals surface area contributed by atoms with Crippen molar-refractivity contribution in [1.29, 1.82) is 0 Å². The van der Waals surface area contributed by atoms with Gasteiger partial charge in [0.25, 0.3) is 11.7 Å². The van der Waals surface area contributed by atoms with Crippen LogP contribution in [0.1, 0.15) is 28.3 Å². The van der Waals surface area contributed by atoms with Crippen LogP contribution in [-0.2, 0) is 9.59 Å². The Morgan fingerprint density at radius 2 is 1.84 bits per heavy atom. The Kier molecular flexibility index (Phi) is 6.36. The van der Waals surface area contributed by atoms with Crippen molar-refractivity contribution in [1.82, 2.24) is 9.80 Å². The first-order valence-corrected chi connectivity index (χ1v) is 10.0. The molecule has 0 spiro atoms. The molecule has 7 heteroatoms. The second-order valence-corrected chi connectivity index (χ2v) is 8.05. The van der Waals surface area contributed by atoms with Crippen LogP contribution >= 0.6 is 0 Å². The number of aryl methyl sites for hydroxylation is 2. The lowest BCUT2D eigenvalue weighted by Crippen LogP contribution is -2.35. The number of likely N-dealkylation sites (tertiary alicyclic amines) is 1. The number of Topliss-reactive ketones (excluding diaryl/α,β-unsaturated/α-hetero) is 1. The fourth-order valence-electron chi connectivity index (χ4n) is 3.77. The highest BCUT2D eigenvalue weighted by Gasteiger charge is 2.46. The monoisotopic (exact) mass is 424 g/mol. The first-order valence-electron chi connectivity index (χ1n) is 10.0. The van der Waals surface area contributed by atoms with Crippen LogP contribution in [0, 0.1) is 13.8 Å². The number of aliphatic hydroxyl groups is 1. The van der Waals surface area contributed by atoms with E-state index in [1.807, 2.05) is 45.0 Å². The Hall–Kier alpha value is -3.32. The van der Waals surface area contributed by atoms with E-state index in [1.165, 1.54) is 18.1 Å². The van der Waals surface area contributed by atoms with Gasteiger partial charge in [0.15, 0.2) is 11.5 Å². The normalized spacial score (nSPS) is 18.1. The van der Waals surface area contributed by atoms with Crippen molar-refractivity contribution in [3.8, 4) is 11.5 Å². The zero-order valence-corrected chi connectivity index (χ0v) is 18.5. The van der Waals surface area contributed by atoms with E-state index in [0.717, 1.165) is 11.1 Å². The maximum atomic E-state index is 13.1. The van der Waals surface area contributed by atoms with Gasteiger partial charge in [0.1, 0.15) is 5.76 Å². The van der Waals surface area contributed by atoms with Gasteiger partial charge in [-0.05, 0) is 57.3 Å². The molecule has 0 radical (unpaired) electrons. The fourth-order valence-corrected chi connectivity index (χ4v) is 3.77. The van der Waals surface area contributed by atoms with Gasteiger partial charge in [-0.2, -0.15) is 0 Å². The lowest BCUT2D eigenvalue weighted by atomic mass is 9.93. The number of likely N-dealkylation sites (N-methyl/N-ethyl adjacent to an activating group) is 1. The lowest BCUT2D eigenvalue weighted by Gasteiger charge is -2.27. The quantitative estimate of drug-likeness (QED) is 0.421. The van der Waals surface area contributed by atoms with E-state index in [4.69, 9.17) is 4.74 Å². The van der Waals surface area contributed by atoms with Crippen molar-refractivity contribution in [2.24, 2.45) is 0 Å². The van der Waals surface area contributed by atoms with E-state index >= 15 is 0 Å². The van der Waals surface area contributed by atoms with Crippen molar-refractivity contribution in [3.05, 3.63) is 64.2 Å². The third kappa shape index (κ3) is 4.27. The molecule has 1 fully saturated rings. The predicted octanol–water partition coefficient (Wildman–Crippen LogP) is 3.00. The Balaban J connectivity index is 2.23. The molecule has 7 nitrogen and oxygen atoms in total. The highest BCUT2D eigenvalue weighted by atomic mass is 16.5. The van der Waals surface area contributed by atoms with Crippen LogP contribution in [0.4, 0.5) is 0 Å². The van der Waals surface area contributed by atoms with Crippen LogP contribution in [0.25, 0.3) is 5.76 Å². The molecule has 1 atom stereocenters. The average molecular weight is 424 g/mol. The number of phenolic OH excluding ortho intramolecular Hbond substituents is 1. The Morgan fingerprint density at radius 3 is 2.48 bits per heavy atom. The van der Waals surface area contributed by atoms with Crippen LogP contribution in [0.5, 0.6) is 11.5 Å². The third-order valence-corrected chi connectivity index (χ3v) is 5.50. The number of hydrogen-bond donors (Lipinski definition) is 2. The SMILES string of the molecule is COc1cc(C2/C(=C(/O)c3cc(C)ccc3C)C(=O)C(=O)N2CCN(C)C)ccc1O. The number of aliphatic hydroxyl groups excluding tert-OH is 1. The molecular formula is C24H28N2O5. The summed E-state index contributed by atoms with van der Waals surface area (Å²) in [7, 11) is 5.19. The van der Waals surface area contributed by atoms with E-state index < -0.39 is 17.7 Å². The summed E-state index contributed by atoms with van der Waals surface area (Å²) in [5, 5.41) is 21.2. The Morgan fingerprint density at radius 1 is 1.13 bits per heavy atom. The van der Waals surface area contributed by atoms with Gasteiger partial charge in [0.05, 0.1) is 18.7 Å². The highest BCUT2D eigenvalue weighted by Crippen LogP contribution is 2.42. The molecule has 0 aromatic heterocycles. The first-order chi connectivity index (χ1) is 14.6. The van der Waals surface area contributed by atoms with Crippen LogP contribution < -0.4 is 4.74 Å². The molecular weight excluding hydrogens is 396 g/mol. The molecule has 1 heterocycles. The number of rotatable bonds is 6. The summed E-state index contributed by atoms with van der Waals surface area (Å²) in [6.07, 6.45) is 0. The first kappa shape index (κ1) is 22.4. The molecule has 3 rings (SSSR count). The maximum absolute atomic E-state index is 13.1. The zero-order valence-electron chi connectivity index (χ0n) is 18.5. The van der Waals surface area contributed by atoms with E-state index in [1.54, 1.807) is 18.2 Å². The predicted molar refractivity (Wildman–Crippen MR) is 118 cm³/mol. The van der Waals surface area contributed by atoms with Crippen molar-refractivity contribution < 1.29 is 24.5 Å². The summed E-state index contributed by atoms with van der Waals surface area (Å²) in [6.45, 7) is 4.58. The molecule has 31 heavy (non-hydrogen) atoms. The minimum absolute atomic E-state index is 0.0326. The van der Waals surface area contributed by atoms with Crippen LogP contribution in [0.2, 0.25) is 0 Å². The van der Waals surface area contributed by atoms with Gasteiger partial charge in [0, 0.05) is 18.7 Å². The van der Waals surface area contributed by atoms with Crippen molar-refractivity contribution in [3.63, 3.8) is 0 Å². The van der Waals surface area contributed by atoms with Gasteiger partial charge in [-0.25, -0.2) is 0 Å². The van der Waals surface area contributed by atoms with Crippen LogP contribution in [-0.4, -0.2) is 66.0 Å². The number of benzene rings is 2. The fraction of sp³-hybridized carbons (Fsp3) is 0.333. The van der Waals surface area contributed by atoms with Crippen LogP contribution in [0.3, 0.4) is 0 Å². The van der Waals surface area contributed by atoms with E-state index in [-0.39, 0.29) is 22.8 Å². The van der Waals surface area contributed by atoms with Gasteiger partial charge < -0.3 is 24.7 Å². The number of carbonyl (C=O) groups is 2. The van der Waals surface area contributed by atoms with Gasteiger partial charge in [0.2, 0.25) is 0 Å². The average Bonchev–Trinajstić information content (AvgIpc) is 2.98.